The van der Waals surface area contributed by atoms with Gasteiger partial charge in [-0.3, -0.25) is 19.2 Å². The van der Waals surface area contributed by atoms with E-state index >= 15 is 9.59 Å². The van der Waals surface area contributed by atoms with Gasteiger partial charge in [-0.05, 0) is 53.6 Å². The van der Waals surface area contributed by atoms with E-state index in [2.05, 4.69) is 18.5 Å². The van der Waals surface area contributed by atoms with E-state index in [1.54, 1.807) is 17.1 Å². The van der Waals surface area contributed by atoms with Crippen molar-refractivity contribution >= 4 is 40.2 Å². The second-order valence-electron chi connectivity index (χ2n) is 14.9. The fraction of sp³-hybridized carbons (Fsp3) is 0.455. The first-order valence-corrected chi connectivity index (χ1v) is 19.3. The molecule has 0 aliphatic carbocycles. The van der Waals surface area contributed by atoms with Gasteiger partial charge in [-0.25, -0.2) is 0 Å². The normalized spacial score (nSPS) is 24.8. The van der Waals surface area contributed by atoms with Crippen LogP contribution in [0.3, 0.4) is 0 Å². The quantitative estimate of drug-likeness (QED) is 0.128. The summed E-state index contributed by atoms with van der Waals surface area (Å²) in [4.78, 5) is 61.0. The smallest absolute Gasteiger partial charge is 0.313 e. The second kappa shape index (κ2) is 17.3. The van der Waals surface area contributed by atoms with E-state index in [0.717, 1.165) is 10.8 Å². The number of amides is 3. The van der Waals surface area contributed by atoms with E-state index in [9.17, 15) is 14.7 Å². The summed E-state index contributed by atoms with van der Waals surface area (Å²) in [5.41, 5.74) is -0.0681. The first-order chi connectivity index (χ1) is 26.6. The Morgan fingerprint density at radius 2 is 1.80 bits per heavy atom. The summed E-state index contributed by atoms with van der Waals surface area (Å²) >= 11 is 0. The van der Waals surface area contributed by atoms with E-state index in [-0.39, 0.29) is 43.9 Å². The average Bonchev–Trinajstić information content (AvgIpc) is 3.85. The molecule has 6 rings (SSSR count). The molecule has 3 aromatic carbocycles. The molecule has 3 saturated heterocycles. The molecule has 3 heterocycles. The highest BCUT2D eigenvalue weighted by molar-refractivity contribution is 6.05. The van der Waals surface area contributed by atoms with Crippen molar-refractivity contribution in [1.29, 1.82) is 0 Å². The number of hydrogen-bond acceptors (Lipinski definition) is 8. The second-order valence-corrected chi connectivity index (χ2v) is 14.9. The lowest BCUT2D eigenvalue weighted by Crippen LogP contribution is -2.60. The number of allylic oxidation sites excluding steroid dienone is 1. The fourth-order valence-electron chi connectivity index (χ4n) is 8.88. The van der Waals surface area contributed by atoms with Crippen molar-refractivity contribution in [3.63, 3.8) is 0 Å². The summed E-state index contributed by atoms with van der Waals surface area (Å²) < 4.78 is 18.6. The van der Waals surface area contributed by atoms with Gasteiger partial charge in [-0.15, -0.1) is 13.2 Å². The highest BCUT2D eigenvalue weighted by Crippen LogP contribution is 2.60. The van der Waals surface area contributed by atoms with Crippen LogP contribution in [-0.4, -0.2) is 90.4 Å². The summed E-state index contributed by atoms with van der Waals surface area (Å²) in [6.07, 6.45) is 3.79. The summed E-state index contributed by atoms with van der Waals surface area (Å²) in [5, 5.41) is 15.8. The van der Waals surface area contributed by atoms with E-state index in [0.29, 0.717) is 36.9 Å². The average molecular weight is 752 g/mol. The van der Waals surface area contributed by atoms with Gasteiger partial charge >= 0.3 is 5.97 Å². The molecule has 1 spiro atoms. The first kappa shape index (κ1) is 39.8. The third-order valence-electron chi connectivity index (χ3n) is 11.7. The molecule has 0 unspecified atom stereocenters. The molecule has 0 saturated carbocycles. The molecule has 11 heteroatoms. The van der Waals surface area contributed by atoms with Crippen LogP contribution in [-0.2, 0) is 33.4 Å². The summed E-state index contributed by atoms with van der Waals surface area (Å²) in [6.45, 7) is 11.4. The lowest BCUT2D eigenvalue weighted by atomic mass is 9.70. The van der Waals surface area contributed by atoms with Gasteiger partial charge in [0.2, 0.25) is 11.8 Å². The van der Waals surface area contributed by atoms with Crippen LogP contribution in [0, 0.1) is 17.8 Å². The van der Waals surface area contributed by atoms with Crippen LogP contribution >= 0.6 is 0 Å². The van der Waals surface area contributed by atoms with Crippen molar-refractivity contribution in [2.75, 3.05) is 31.8 Å². The molecule has 3 aliphatic rings. The standard InChI is InChI=1S/C44H53N3O8/c1-6-9-19-36(49)45-33(27-53-5)39(30-16-11-10-12-17-30)54-43(52)37-35-22-23-44(55-35)38(37)41(50)47(34(26-48)28(4)8-3)40(44)42(51)46(24-7-2)32-21-20-29-15-13-14-18-31(29)25-32/h6-7,10-18,20-21,25,28,33-35,37-40,48H,1-2,8-9,19,22-24,26-27H2,3-5H3,(H,45,49)/t28-,33+,34-,35+,37-,38-,39+,40+,44-/m0/s1. The molecule has 3 fully saturated rings. The van der Waals surface area contributed by atoms with Gasteiger partial charge in [0.1, 0.15) is 17.7 Å². The summed E-state index contributed by atoms with van der Waals surface area (Å²) in [7, 11) is 1.51. The number of fused-ring (bicyclic) bond motifs is 2. The van der Waals surface area contributed by atoms with Crippen molar-refractivity contribution in [2.24, 2.45) is 17.8 Å². The Morgan fingerprint density at radius 1 is 1.07 bits per heavy atom. The lowest BCUT2D eigenvalue weighted by molar-refractivity contribution is -0.163. The van der Waals surface area contributed by atoms with Gasteiger partial charge in [0.15, 0.2) is 0 Å². The van der Waals surface area contributed by atoms with Crippen LogP contribution < -0.4 is 10.2 Å². The number of aliphatic hydroxyl groups excluding tert-OH is 1. The Hall–Kier alpha value is -4.84. The third kappa shape index (κ3) is 7.57. The Balaban J connectivity index is 1.39. The lowest BCUT2D eigenvalue weighted by Gasteiger charge is -2.41. The van der Waals surface area contributed by atoms with Crippen molar-refractivity contribution in [3.8, 4) is 0 Å². The predicted octanol–water partition coefficient (Wildman–Crippen LogP) is 5.52. The predicted molar refractivity (Wildman–Crippen MR) is 210 cm³/mol. The van der Waals surface area contributed by atoms with Gasteiger partial charge in [-0.1, -0.05) is 93.1 Å². The fourth-order valence-corrected chi connectivity index (χ4v) is 8.88. The first-order valence-electron chi connectivity index (χ1n) is 19.3. The molecule has 3 amide bonds. The number of hydrogen-bond donors (Lipinski definition) is 2. The number of rotatable bonds is 18. The van der Waals surface area contributed by atoms with Crippen molar-refractivity contribution in [3.05, 3.63) is 104 Å². The SMILES string of the molecule is C=CCCC(=O)N[C@H](COC)[C@H](OC(=O)[C@@H]1[C@H]2C(=O)N([C@@H](CO)[C@@H](C)CC)[C@H](C(=O)N(CC=C)c3ccc4ccccc4c3)[C@]23CC[C@H]1O3)c1ccccc1. The number of esters is 1. The zero-order valence-corrected chi connectivity index (χ0v) is 32.0. The van der Waals surface area contributed by atoms with Gasteiger partial charge in [0.25, 0.3) is 5.91 Å². The van der Waals surface area contributed by atoms with Crippen LogP contribution in [0.5, 0.6) is 0 Å². The molecule has 55 heavy (non-hydrogen) atoms. The molecule has 292 valence electrons. The van der Waals surface area contributed by atoms with E-state index in [4.69, 9.17) is 14.2 Å². The molecule has 2 N–H and O–H groups in total. The van der Waals surface area contributed by atoms with Crippen LogP contribution in [0.4, 0.5) is 5.69 Å². The number of nitrogens with one attached hydrogen (secondary N) is 1. The largest absolute Gasteiger partial charge is 0.455 e. The van der Waals surface area contributed by atoms with E-state index < -0.39 is 59.6 Å². The van der Waals surface area contributed by atoms with Crippen LogP contribution in [0.15, 0.2) is 98.1 Å². The highest BCUT2D eigenvalue weighted by Gasteiger charge is 2.76. The number of anilines is 1. The summed E-state index contributed by atoms with van der Waals surface area (Å²) in [5.74, 6) is -3.93. The number of aliphatic hydroxyl groups is 1. The van der Waals surface area contributed by atoms with Crippen molar-refractivity contribution < 1.29 is 38.5 Å². The van der Waals surface area contributed by atoms with Gasteiger partial charge in [0.05, 0.1) is 43.2 Å². The van der Waals surface area contributed by atoms with Crippen LogP contribution in [0.1, 0.15) is 57.6 Å². The number of likely N-dealkylation sites (tertiary alicyclic amines) is 1. The maximum absolute atomic E-state index is 15.2. The van der Waals surface area contributed by atoms with Gasteiger partial charge in [0, 0.05) is 25.8 Å². The Bertz CT molecular complexity index is 1880. The molecular weight excluding hydrogens is 698 g/mol. The van der Waals surface area contributed by atoms with E-state index in [1.165, 1.54) is 12.0 Å². The Labute approximate surface area is 323 Å². The number of carbonyl (C=O) groups excluding carboxylic acids is 4. The Kier molecular flexibility index (Phi) is 12.5. The highest BCUT2D eigenvalue weighted by atomic mass is 16.6. The van der Waals surface area contributed by atoms with Crippen molar-refractivity contribution in [2.45, 2.75) is 81.9 Å². The topological polar surface area (TPSA) is 135 Å². The molecule has 2 bridgehead atoms. The number of nitrogens with zero attached hydrogens (tertiary/aromatic N) is 2. The molecule has 0 radical (unpaired) electrons. The maximum Gasteiger partial charge on any atom is 0.313 e. The van der Waals surface area contributed by atoms with Gasteiger partial charge in [-0.2, -0.15) is 0 Å². The minimum atomic E-state index is -1.34. The molecule has 0 aromatic heterocycles. The number of methoxy groups -OCH3 is 1. The molecule has 3 aromatic rings. The monoisotopic (exact) mass is 751 g/mol. The van der Waals surface area contributed by atoms with E-state index in [1.807, 2.05) is 86.6 Å². The zero-order chi connectivity index (χ0) is 39.3. The zero-order valence-electron chi connectivity index (χ0n) is 32.0. The maximum atomic E-state index is 15.2. The minimum absolute atomic E-state index is 0.0505. The summed E-state index contributed by atoms with van der Waals surface area (Å²) in [6, 6.07) is 20.2. The van der Waals surface area contributed by atoms with Gasteiger partial charge < -0.3 is 34.4 Å². The molecule has 3 aliphatic heterocycles. The number of ether oxygens (including phenoxy) is 3. The third-order valence-corrected chi connectivity index (χ3v) is 11.7. The van der Waals surface area contributed by atoms with Crippen molar-refractivity contribution in [1.82, 2.24) is 10.2 Å². The number of benzene rings is 3. The minimum Gasteiger partial charge on any atom is -0.455 e. The van der Waals surface area contributed by atoms with Crippen LogP contribution in [0.25, 0.3) is 10.8 Å². The molecule has 11 nitrogen and oxygen atoms in total. The molecular formula is C44H53N3O8. The molecule has 9 atom stereocenters. The van der Waals surface area contributed by atoms with Crippen LogP contribution in [0.2, 0.25) is 0 Å². The number of carbonyl (C=O) groups is 4. The Morgan fingerprint density at radius 3 is 2.47 bits per heavy atom.